The highest BCUT2D eigenvalue weighted by Crippen LogP contribution is 2.62. The van der Waals surface area contributed by atoms with E-state index >= 15 is 0 Å². The predicted molar refractivity (Wildman–Crippen MR) is 184 cm³/mol. The van der Waals surface area contributed by atoms with Crippen molar-refractivity contribution in [2.24, 2.45) is 0 Å². The van der Waals surface area contributed by atoms with Crippen LogP contribution in [-0.2, 0) is 10.8 Å². The fourth-order valence-corrected chi connectivity index (χ4v) is 8.82. The van der Waals surface area contributed by atoms with Crippen molar-refractivity contribution < 1.29 is 4.74 Å². The molecule has 1 heterocycles. The predicted octanol–water partition coefficient (Wildman–Crippen LogP) is 11.3. The summed E-state index contributed by atoms with van der Waals surface area (Å²) in [5, 5.41) is 2.65. The highest BCUT2D eigenvalue weighted by molar-refractivity contribution is 5.98. The summed E-state index contributed by atoms with van der Waals surface area (Å²) in [4.78, 5) is 0. The standard InChI is InChI=1S/C44H30O/c1-43(2)39-25-28(20-22-33(39)34-23-19-27-11-3-4-12-30(27)42(34)43)29-21-24-38-41(26-29)45-40-18-10-9-17-37(40)44(38)35-15-7-5-13-31(35)32-14-6-8-16-36(32)44/h3-26H,1-2H3. The van der Waals surface area contributed by atoms with Gasteiger partial charge in [-0.05, 0) is 84.6 Å². The Bertz CT molecular complexity index is 2340. The lowest BCUT2D eigenvalue weighted by Gasteiger charge is -2.39. The topological polar surface area (TPSA) is 9.23 Å². The van der Waals surface area contributed by atoms with Crippen LogP contribution in [0.1, 0.15) is 47.2 Å². The summed E-state index contributed by atoms with van der Waals surface area (Å²) in [5.74, 6) is 1.85. The number of benzene rings is 7. The van der Waals surface area contributed by atoms with E-state index in [-0.39, 0.29) is 5.41 Å². The summed E-state index contributed by atoms with van der Waals surface area (Å²) in [6.07, 6.45) is 0. The summed E-state index contributed by atoms with van der Waals surface area (Å²) < 4.78 is 6.79. The van der Waals surface area contributed by atoms with E-state index in [9.17, 15) is 0 Å². The van der Waals surface area contributed by atoms with Crippen molar-refractivity contribution in [3.05, 3.63) is 179 Å². The van der Waals surface area contributed by atoms with Gasteiger partial charge in [0.1, 0.15) is 11.5 Å². The van der Waals surface area contributed by atoms with Crippen LogP contribution in [0.2, 0.25) is 0 Å². The van der Waals surface area contributed by atoms with Gasteiger partial charge in [-0.25, -0.2) is 0 Å². The van der Waals surface area contributed by atoms with Crippen LogP contribution in [0.5, 0.6) is 11.5 Å². The molecule has 1 heteroatoms. The number of hydrogen-bond donors (Lipinski definition) is 0. The van der Waals surface area contributed by atoms with Gasteiger partial charge >= 0.3 is 0 Å². The molecule has 1 spiro atoms. The van der Waals surface area contributed by atoms with E-state index in [4.69, 9.17) is 4.74 Å². The van der Waals surface area contributed by atoms with Crippen molar-refractivity contribution in [2.45, 2.75) is 24.7 Å². The van der Waals surface area contributed by atoms with E-state index in [0.717, 1.165) is 11.5 Å². The molecule has 7 aromatic rings. The molecule has 7 aromatic carbocycles. The quantitative estimate of drug-likeness (QED) is 0.189. The minimum Gasteiger partial charge on any atom is -0.457 e. The summed E-state index contributed by atoms with van der Waals surface area (Å²) in [6.45, 7) is 4.75. The largest absolute Gasteiger partial charge is 0.457 e. The van der Waals surface area contributed by atoms with Crippen LogP contribution in [0, 0.1) is 0 Å². The molecule has 10 rings (SSSR count). The molecule has 0 aromatic heterocycles. The molecular formula is C44H30O. The van der Waals surface area contributed by atoms with Gasteiger partial charge in [0.2, 0.25) is 0 Å². The molecular weight excluding hydrogens is 544 g/mol. The Labute approximate surface area is 263 Å². The van der Waals surface area contributed by atoms with Crippen LogP contribution in [0.4, 0.5) is 0 Å². The Hall–Kier alpha value is -5.40. The Kier molecular flexibility index (Phi) is 4.78. The monoisotopic (exact) mass is 574 g/mol. The zero-order chi connectivity index (χ0) is 29.9. The minimum absolute atomic E-state index is 0.105. The number of fused-ring (bicyclic) bond motifs is 14. The lowest BCUT2D eigenvalue weighted by atomic mass is 9.66. The summed E-state index contributed by atoms with van der Waals surface area (Å²) in [5.41, 5.74) is 15.0. The fraction of sp³-hybridized carbons (Fsp3) is 0.0909. The van der Waals surface area contributed by atoms with Crippen LogP contribution in [0.15, 0.2) is 146 Å². The van der Waals surface area contributed by atoms with Crippen LogP contribution in [-0.4, -0.2) is 0 Å². The molecule has 0 fully saturated rings. The molecule has 1 aliphatic heterocycles. The second kappa shape index (κ2) is 8.61. The Balaban J connectivity index is 1.17. The van der Waals surface area contributed by atoms with Crippen molar-refractivity contribution in [2.75, 3.05) is 0 Å². The van der Waals surface area contributed by atoms with Gasteiger partial charge in [0.25, 0.3) is 0 Å². The first kappa shape index (κ1) is 25.0. The molecule has 0 unspecified atom stereocenters. The maximum Gasteiger partial charge on any atom is 0.132 e. The molecule has 1 nitrogen and oxygen atoms in total. The van der Waals surface area contributed by atoms with E-state index in [1.807, 2.05) is 0 Å². The second-order valence-electron chi connectivity index (χ2n) is 13.2. The number of rotatable bonds is 1. The molecule has 45 heavy (non-hydrogen) atoms. The Morgan fingerprint density at radius 2 is 1.00 bits per heavy atom. The first-order valence-corrected chi connectivity index (χ1v) is 15.9. The summed E-state index contributed by atoms with van der Waals surface area (Å²) in [7, 11) is 0. The molecule has 0 N–H and O–H groups in total. The molecule has 0 bridgehead atoms. The zero-order valence-electron chi connectivity index (χ0n) is 25.3. The third-order valence-electron chi connectivity index (χ3n) is 10.7. The van der Waals surface area contributed by atoms with Gasteiger partial charge < -0.3 is 4.74 Å². The van der Waals surface area contributed by atoms with Gasteiger partial charge in [-0.2, -0.15) is 0 Å². The number of ether oxygens (including phenoxy) is 1. The molecule has 2 aliphatic carbocycles. The van der Waals surface area contributed by atoms with Gasteiger partial charge in [-0.3, -0.25) is 0 Å². The van der Waals surface area contributed by atoms with Crippen LogP contribution >= 0.6 is 0 Å². The first-order chi connectivity index (χ1) is 22.1. The maximum atomic E-state index is 6.79. The van der Waals surface area contributed by atoms with Crippen molar-refractivity contribution in [3.8, 4) is 44.9 Å². The average molecular weight is 575 g/mol. The maximum absolute atomic E-state index is 6.79. The van der Waals surface area contributed by atoms with E-state index < -0.39 is 5.41 Å². The average Bonchev–Trinajstić information content (AvgIpc) is 3.51. The third kappa shape index (κ3) is 3.08. The van der Waals surface area contributed by atoms with Gasteiger partial charge in [0, 0.05) is 16.5 Å². The Morgan fingerprint density at radius 1 is 0.422 bits per heavy atom. The number of hydrogen-bond acceptors (Lipinski definition) is 1. The van der Waals surface area contributed by atoms with Crippen molar-refractivity contribution >= 4 is 10.8 Å². The molecule has 3 aliphatic rings. The van der Waals surface area contributed by atoms with Crippen molar-refractivity contribution in [3.63, 3.8) is 0 Å². The lowest BCUT2D eigenvalue weighted by Crippen LogP contribution is -2.32. The molecule has 0 amide bonds. The van der Waals surface area contributed by atoms with Gasteiger partial charge in [-0.15, -0.1) is 0 Å². The smallest absolute Gasteiger partial charge is 0.132 e. The Morgan fingerprint density at radius 3 is 1.80 bits per heavy atom. The highest BCUT2D eigenvalue weighted by atomic mass is 16.5. The van der Waals surface area contributed by atoms with Gasteiger partial charge in [0.05, 0.1) is 5.41 Å². The lowest BCUT2D eigenvalue weighted by molar-refractivity contribution is 0.436. The van der Waals surface area contributed by atoms with E-state index in [1.165, 1.54) is 77.5 Å². The zero-order valence-corrected chi connectivity index (χ0v) is 25.3. The summed E-state index contributed by atoms with van der Waals surface area (Å²) >= 11 is 0. The normalized spacial score (nSPS) is 15.4. The molecule has 0 radical (unpaired) electrons. The first-order valence-electron chi connectivity index (χ1n) is 15.9. The van der Waals surface area contributed by atoms with E-state index in [2.05, 4.69) is 159 Å². The van der Waals surface area contributed by atoms with Crippen molar-refractivity contribution in [1.29, 1.82) is 0 Å². The second-order valence-corrected chi connectivity index (χ2v) is 13.2. The van der Waals surface area contributed by atoms with Crippen LogP contribution in [0.25, 0.3) is 44.2 Å². The minimum atomic E-state index is -0.432. The molecule has 0 saturated carbocycles. The van der Waals surface area contributed by atoms with Crippen LogP contribution < -0.4 is 4.74 Å². The van der Waals surface area contributed by atoms with E-state index in [0.29, 0.717) is 0 Å². The molecule has 0 atom stereocenters. The fourth-order valence-electron chi connectivity index (χ4n) is 8.82. The number of para-hydroxylation sites is 1. The molecule has 0 saturated heterocycles. The SMILES string of the molecule is CC1(C)c2cc(-c3ccc4c(c3)Oc3ccccc3C43c4ccccc4-c4ccccc43)ccc2-c2ccc3ccccc3c21. The van der Waals surface area contributed by atoms with Crippen molar-refractivity contribution in [1.82, 2.24) is 0 Å². The van der Waals surface area contributed by atoms with Crippen LogP contribution in [0.3, 0.4) is 0 Å². The van der Waals surface area contributed by atoms with Gasteiger partial charge in [0.15, 0.2) is 0 Å². The third-order valence-corrected chi connectivity index (χ3v) is 10.7. The summed E-state index contributed by atoms with van der Waals surface area (Å²) in [6, 6.07) is 53.7. The van der Waals surface area contributed by atoms with E-state index in [1.54, 1.807) is 0 Å². The van der Waals surface area contributed by atoms with Gasteiger partial charge in [-0.1, -0.05) is 141 Å². The highest BCUT2D eigenvalue weighted by Gasteiger charge is 2.51. The molecule has 212 valence electrons.